The van der Waals surface area contributed by atoms with Crippen LogP contribution in [0.2, 0.25) is 0 Å². The molecule has 0 aliphatic carbocycles. The number of hydrogen-bond acceptors (Lipinski definition) is 2. The molecule has 2 nitrogen and oxygen atoms in total. The smallest absolute Gasteiger partial charge is 0.146 e. The number of nitrogens with zero attached hydrogens (tertiary/aromatic N) is 1. The fraction of sp³-hybridized carbons (Fsp3) is 0.0833. The van der Waals surface area contributed by atoms with Gasteiger partial charge in [0.05, 0.1) is 5.69 Å². The Hall–Kier alpha value is -0.940. The SMILES string of the molecule is Cc1cc(Br)cnc1Nc1cc(Br)ccc1F. The second-order valence-electron chi connectivity index (χ2n) is 3.57. The van der Waals surface area contributed by atoms with E-state index in [0.29, 0.717) is 11.5 Å². The van der Waals surface area contributed by atoms with Gasteiger partial charge in [0.25, 0.3) is 0 Å². The summed E-state index contributed by atoms with van der Waals surface area (Å²) in [5.41, 5.74) is 1.34. The van der Waals surface area contributed by atoms with Gasteiger partial charge in [0, 0.05) is 15.1 Å². The molecule has 0 unspecified atom stereocenters. The summed E-state index contributed by atoms with van der Waals surface area (Å²) in [6.07, 6.45) is 1.67. The highest BCUT2D eigenvalue weighted by Gasteiger charge is 2.06. The maximum absolute atomic E-state index is 13.5. The zero-order chi connectivity index (χ0) is 12.4. The molecular weight excluding hydrogens is 351 g/mol. The van der Waals surface area contributed by atoms with Crippen molar-refractivity contribution in [1.29, 1.82) is 0 Å². The lowest BCUT2D eigenvalue weighted by molar-refractivity contribution is 0.631. The molecule has 2 rings (SSSR count). The first-order valence-electron chi connectivity index (χ1n) is 4.90. The minimum absolute atomic E-state index is 0.308. The monoisotopic (exact) mass is 358 g/mol. The predicted octanol–water partition coefficient (Wildman–Crippen LogP) is 4.80. The molecule has 1 heterocycles. The Morgan fingerprint density at radius 1 is 1.18 bits per heavy atom. The van der Waals surface area contributed by atoms with Crippen molar-refractivity contribution in [1.82, 2.24) is 4.98 Å². The number of anilines is 2. The lowest BCUT2D eigenvalue weighted by Gasteiger charge is -2.09. The van der Waals surface area contributed by atoms with Crippen molar-refractivity contribution >= 4 is 43.4 Å². The van der Waals surface area contributed by atoms with Gasteiger partial charge in [-0.25, -0.2) is 9.37 Å². The standard InChI is InChI=1S/C12H9Br2FN2/c1-7-4-9(14)6-16-12(7)17-11-5-8(13)2-3-10(11)15/h2-6H,1H3,(H,16,17). The molecule has 5 heteroatoms. The Bertz CT molecular complexity index is 558. The fourth-order valence-electron chi connectivity index (χ4n) is 1.39. The molecule has 1 aromatic carbocycles. The van der Waals surface area contributed by atoms with Crippen LogP contribution in [0.15, 0.2) is 39.4 Å². The van der Waals surface area contributed by atoms with Crippen molar-refractivity contribution in [3.63, 3.8) is 0 Å². The molecule has 0 saturated heterocycles. The van der Waals surface area contributed by atoms with Crippen molar-refractivity contribution in [3.8, 4) is 0 Å². The minimum atomic E-state index is -0.308. The van der Waals surface area contributed by atoms with E-state index in [9.17, 15) is 4.39 Å². The zero-order valence-electron chi connectivity index (χ0n) is 8.97. The third kappa shape index (κ3) is 3.04. The highest BCUT2D eigenvalue weighted by atomic mass is 79.9. The molecule has 2 aromatic rings. The van der Waals surface area contributed by atoms with Gasteiger partial charge in [-0.2, -0.15) is 0 Å². The van der Waals surface area contributed by atoms with E-state index in [1.807, 2.05) is 13.0 Å². The Kier molecular flexibility index (Phi) is 3.79. The van der Waals surface area contributed by atoms with E-state index in [0.717, 1.165) is 14.5 Å². The van der Waals surface area contributed by atoms with Crippen molar-refractivity contribution in [2.45, 2.75) is 6.92 Å². The second kappa shape index (κ2) is 5.14. The summed E-state index contributed by atoms with van der Waals surface area (Å²) in [6.45, 7) is 1.91. The number of benzene rings is 1. The maximum Gasteiger partial charge on any atom is 0.146 e. The summed E-state index contributed by atoms with van der Waals surface area (Å²) in [7, 11) is 0. The van der Waals surface area contributed by atoms with Crippen LogP contribution in [-0.2, 0) is 0 Å². The number of halogens is 3. The van der Waals surface area contributed by atoms with Gasteiger partial charge in [0.1, 0.15) is 11.6 Å². The average Bonchev–Trinajstić information content (AvgIpc) is 2.27. The number of aryl methyl sites for hydroxylation is 1. The van der Waals surface area contributed by atoms with E-state index in [1.54, 1.807) is 18.3 Å². The van der Waals surface area contributed by atoms with Crippen LogP contribution in [0.25, 0.3) is 0 Å². The third-order valence-electron chi connectivity index (χ3n) is 2.23. The van der Waals surface area contributed by atoms with Gasteiger partial charge < -0.3 is 5.32 Å². The molecule has 0 amide bonds. The number of rotatable bonds is 2. The van der Waals surface area contributed by atoms with Crippen LogP contribution in [0, 0.1) is 12.7 Å². The highest BCUT2D eigenvalue weighted by Crippen LogP contribution is 2.25. The molecule has 1 N–H and O–H groups in total. The van der Waals surface area contributed by atoms with Crippen molar-refractivity contribution in [2.75, 3.05) is 5.32 Å². The van der Waals surface area contributed by atoms with E-state index in [1.165, 1.54) is 6.07 Å². The Morgan fingerprint density at radius 2 is 1.94 bits per heavy atom. The zero-order valence-corrected chi connectivity index (χ0v) is 12.1. The number of aromatic nitrogens is 1. The maximum atomic E-state index is 13.5. The van der Waals surface area contributed by atoms with Crippen LogP contribution < -0.4 is 5.32 Å². The number of pyridine rings is 1. The summed E-state index contributed by atoms with van der Waals surface area (Å²) in [5, 5.41) is 2.97. The van der Waals surface area contributed by atoms with Crippen molar-refractivity contribution < 1.29 is 4.39 Å². The van der Waals surface area contributed by atoms with E-state index in [2.05, 4.69) is 42.2 Å². The van der Waals surface area contributed by atoms with Gasteiger partial charge in [-0.05, 0) is 52.7 Å². The van der Waals surface area contributed by atoms with Crippen LogP contribution in [0.5, 0.6) is 0 Å². The summed E-state index contributed by atoms with van der Waals surface area (Å²) >= 11 is 6.64. The van der Waals surface area contributed by atoms with Gasteiger partial charge in [-0.15, -0.1) is 0 Å². The second-order valence-corrected chi connectivity index (χ2v) is 5.40. The normalized spacial score (nSPS) is 10.4. The summed E-state index contributed by atoms with van der Waals surface area (Å²) in [5.74, 6) is 0.336. The molecule has 0 aliphatic heterocycles. The molecule has 0 fully saturated rings. The lowest BCUT2D eigenvalue weighted by Crippen LogP contribution is -1.98. The van der Waals surface area contributed by atoms with Gasteiger partial charge in [-0.1, -0.05) is 15.9 Å². The van der Waals surface area contributed by atoms with Crippen LogP contribution in [-0.4, -0.2) is 4.98 Å². The molecular formula is C12H9Br2FN2. The molecule has 0 bridgehead atoms. The Morgan fingerprint density at radius 3 is 2.65 bits per heavy atom. The Labute approximate surface area is 116 Å². The molecule has 0 radical (unpaired) electrons. The molecule has 0 aliphatic rings. The van der Waals surface area contributed by atoms with Gasteiger partial charge in [-0.3, -0.25) is 0 Å². The van der Waals surface area contributed by atoms with E-state index < -0.39 is 0 Å². The highest BCUT2D eigenvalue weighted by molar-refractivity contribution is 9.10. The quantitative estimate of drug-likeness (QED) is 0.833. The first-order valence-corrected chi connectivity index (χ1v) is 6.49. The number of nitrogens with one attached hydrogen (secondary N) is 1. The minimum Gasteiger partial charge on any atom is -0.338 e. The van der Waals surface area contributed by atoms with Gasteiger partial charge in [0.15, 0.2) is 0 Å². The average molecular weight is 360 g/mol. The van der Waals surface area contributed by atoms with Crippen LogP contribution >= 0.6 is 31.9 Å². The predicted molar refractivity (Wildman–Crippen MR) is 74.1 cm³/mol. The van der Waals surface area contributed by atoms with E-state index in [-0.39, 0.29) is 5.82 Å². The Balaban J connectivity index is 2.34. The van der Waals surface area contributed by atoms with Crippen molar-refractivity contribution in [2.24, 2.45) is 0 Å². The van der Waals surface area contributed by atoms with Crippen LogP contribution in [0.3, 0.4) is 0 Å². The summed E-state index contributed by atoms with van der Waals surface area (Å²) in [4.78, 5) is 4.20. The largest absolute Gasteiger partial charge is 0.338 e. The van der Waals surface area contributed by atoms with E-state index in [4.69, 9.17) is 0 Å². The molecule has 0 spiro atoms. The summed E-state index contributed by atoms with van der Waals surface area (Å²) < 4.78 is 15.3. The fourth-order valence-corrected chi connectivity index (χ4v) is 2.20. The van der Waals surface area contributed by atoms with E-state index >= 15 is 0 Å². The molecule has 17 heavy (non-hydrogen) atoms. The topological polar surface area (TPSA) is 24.9 Å². The van der Waals surface area contributed by atoms with Crippen molar-refractivity contribution in [3.05, 3.63) is 50.8 Å². The first-order chi connectivity index (χ1) is 8.06. The number of hydrogen-bond donors (Lipinski definition) is 1. The van der Waals surface area contributed by atoms with Crippen LogP contribution in [0.1, 0.15) is 5.56 Å². The summed E-state index contributed by atoms with van der Waals surface area (Å²) in [6, 6.07) is 6.66. The molecule has 88 valence electrons. The first kappa shape index (κ1) is 12.5. The van der Waals surface area contributed by atoms with Gasteiger partial charge >= 0.3 is 0 Å². The molecule has 0 atom stereocenters. The molecule has 1 aromatic heterocycles. The van der Waals surface area contributed by atoms with Crippen LogP contribution in [0.4, 0.5) is 15.9 Å². The third-order valence-corrected chi connectivity index (χ3v) is 3.15. The lowest BCUT2D eigenvalue weighted by atomic mass is 10.2. The van der Waals surface area contributed by atoms with Gasteiger partial charge in [0.2, 0.25) is 0 Å². The molecule has 0 saturated carbocycles.